The van der Waals surface area contributed by atoms with Gasteiger partial charge in [-0.05, 0) is 30.0 Å². The molecule has 0 spiro atoms. The summed E-state index contributed by atoms with van der Waals surface area (Å²) in [4.78, 5) is 28.7. The van der Waals surface area contributed by atoms with Crippen molar-refractivity contribution in [1.29, 1.82) is 0 Å². The molecule has 2 aromatic rings. The molecule has 25 heavy (non-hydrogen) atoms. The molecule has 1 aliphatic rings. The number of nitrogens with zero attached hydrogens (tertiary/aromatic N) is 2. The van der Waals surface area contributed by atoms with Gasteiger partial charge in [-0.1, -0.05) is 18.2 Å². The van der Waals surface area contributed by atoms with E-state index in [-0.39, 0.29) is 11.8 Å². The average Bonchev–Trinajstić information content (AvgIpc) is 3.17. The Morgan fingerprint density at radius 3 is 2.56 bits per heavy atom. The van der Waals surface area contributed by atoms with Gasteiger partial charge in [0.05, 0.1) is 0 Å². The third-order valence-corrected chi connectivity index (χ3v) is 5.22. The van der Waals surface area contributed by atoms with Crippen molar-refractivity contribution in [2.45, 2.75) is 6.92 Å². The predicted octanol–water partition coefficient (Wildman–Crippen LogP) is 2.24. The SMILES string of the molecule is Cc1ccccc1C(=O)N1CCN(CCNC(=O)c2ccsc2)CC1. The number of piperazine rings is 1. The molecule has 1 aromatic carbocycles. The van der Waals surface area contributed by atoms with Crippen molar-refractivity contribution in [2.75, 3.05) is 39.3 Å². The number of benzene rings is 1. The number of hydrogen-bond donors (Lipinski definition) is 1. The maximum absolute atomic E-state index is 12.6. The maximum Gasteiger partial charge on any atom is 0.254 e. The van der Waals surface area contributed by atoms with E-state index in [9.17, 15) is 9.59 Å². The quantitative estimate of drug-likeness (QED) is 0.893. The summed E-state index contributed by atoms with van der Waals surface area (Å²) in [6.45, 7) is 6.54. The van der Waals surface area contributed by atoms with E-state index in [1.165, 1.54) is 11.3 Å². The first-order valence-electron chi connectivity index (χ1n) is 8.53. The third-order valence-electron chi connectivity index (χ3n) is 4.53. The topological polar surface area (TPSA) is 52.7 Å². The highest BCUT2D eigenvalue weighted by Gasteiger charge is 2.22. The van der Waals surface area contributed by atoms with Gasteiger partial charge in [0, 0.05) is 55.8 Å². The molecular weight excluding hydrogens is 334 g/mol. The molecule has 1 aliphatic heterocycles. The zero-order chi connectivity index (χ0) is 17.6. The molecule has 2 amide bonds. The van der Waals surface area contributed by atoms with Crippen molar-refractivity contribution in [1.82, 2.24) is 15.1 Å². The van der Waals surface area contributed by atoms with E-state index in [0.717, 1.165) is 49.4 Å². The van der Waals surface area contributed by atoms with Crippen LogP contribution in [-0.4, -0.2) is 60.9 Å². The van der Waals surface area contributed by atoms with Gasteiger partial charge in [0.25, 0.3) is 11.8 Å². The maximum atomic E-state index is 12.6. The van der Waals surface area contributed by atoms with Crippen molar-refractivity contribution in [2.24, 2.45) is 0 Å². The summed E-state index contributed by atoms with van der Waals surface area (Å²) in [5, 5.41) is 6.70. The summed E-state index contributed by atoms with van der Waals surface area (Å²) < 4.78 is 0. The van der Waals surface area contributed by atoms with Crippen molar-refractivity contribution in [3.8, 4) is 0 Å². The Bertz CT molecular complexity index is 722. The van der Waals surface area contributed by atoms with Crippen LogP contribution in [0.4, 0.5) is 0 Å². The Hall–Kier alpha value is -2.18. The van der Waals surface area contributed by atoms with E-state index >= 15 is 0 Å². The zero-order valence-corrected chi connectivity index (χ0v) is 15.2. The van der Waals surface area contributed by atoms with Crippen LogP contribution in [0, 0.1) is 6.92 Å². The van der Waals surface area contributed by atoms with Gasteiger partial charge in [-0.25, -0.2) is 0 Å². The molecule has 0 bridgehead atoms. The molecule has 2 heterocycles. The summed E-state index contributed by atoms with van der Waals surface area (Å²) >= 11 is 1.52. The number of rotatable bonds is 5. The highest BCUT2D eigenvalue weighted by Crippen LogP contribution is 2.12. The van der Waals surface area contributed by atoms with Crippen molar-refractivity contribution >= 4 is 23.2 Å². The first kappa shape index (κ1) is 17.6. The highest BCUT2D eigenvalue weighted by atomic mass is 32.1. The van der Waals surface area contributed by atoms with Crippen molar-refractivity contribution in [3.63, 3.8) is 0 Å². The fourth-order valence-electron chi connectivity index (χ4n) is 2.98. The van der Waals surface area contributed by atoms with Gasteiger partial charge in [-0.3, -0.25) is 14.5 Å². The Morgan fingerprint density at radius 1 is 1.12 bits per heavy atom. The molecule has 1 saturated heterocycles. The van der Waals surface area contributed by atoms with Crippen LogP contribution < -0.4 is 5.32 Å². The van der Waals surface area contributed by atoms with Gasteiger partial charge in [-0.2, -0.15) is 11.3 Å². The monoisotopic (exact) mass is 357 g/mol. The highest BCUT2D eigenvalue weighted by molar-refractivity contribution is 7.08. The Balaban J connectivity index is 1.42. The molecule has 0 unspecified atom stereocenters. The lowest BCUT2D eigenvalue weighted by molar-refractivity contribution is 0.0637. The largest absolute Gasteiger partial charge is 0.351 e. The van der Waals surface area contributed by atoms with Crippen LogP contribution >= 0.6 is 11.3 Å². The van der Waals surface area contributed by atoms with Crippen LogP contribution in [0.3, 0.4) is 0 Å². The summed E-state index contributed by atoms with van der Waals surface area (Å²) in [6, 6.07) is 9.56. The normalized spacial score (nSPS) is 15.2. The summed E-state index contributed by atoms with van der Waals surface area (Å²) in [7, 11) is 0. The summed E-state index contributed by atoms with van der Waals surface area (Å²) in [6.07, 6.45) is 0. The molecule has 1 N–H and O–H groups in total. The molecule has 0 saturated carbocycles. The van der Waals surface area contributed by atoms with E-state index in [1.807, 2.05) is 52.9 Å². The van der Waals surface area contributed by atoms with Gasteiger partial charge >= 0.3 is 0 Å². The molecule has 0 aliphatic carbocycles. The van der Waals surface area contributed by atoms with E-state index in [1.54, 1.807) is 0 Å². The Morgan fingerprint density at radius 2 is 1.88 bits per heavy atom. The molecule has 132 valence electrons. The Labute approximate surface area is 152 Å². The van der Waals surface area contributed by atoms with Crippen LogP contribution in [0.1, 0.15) is 26.3 Å². The molecule has 6 heteroatoms. The smallest absolute Gasteiger partial charge is 0.254 e. The summed E-state index contributed by atoms with van der Waals surface area (Å²) in [5.41, 5.74) is 2.53. The first-order valence-corrected chi connectivity index (χ1v) is 9.47. The van der Waals surface area contributed by atoms with Gasteiger partial charge in [0.1, 0.15) is 0 Å². The number of aryl methyl sites for hydroxylation is 1. The second-order valence-corrected chi connectivity index (χ2v) is 7.00. The Kier molecular flexibility index (Phi) is 5.83. The van der Waals surface area contributed by atoms with Crippen molar-refractivity contribution < 1.29 is 9.59 Å². The number of nitrogens with one attached hydrogen (secondary N) is 1. The van der Waals surface area contributed by atoms with Crippen molar-refractivity contribution in [3.05, 3.63) is 57.8 Å². The second-order valence-electron chi connectivity index (χ2n) is 6.22. The fourth-order valence-corrected chi connectivity index (χ4v) is 3.62. The van der Waals surface area contributed by atoms with Crippen LogP contribution in [0.2, 0.25) is 0 Å². The number of thiophene rings is 1. The minimum atomic E-state index is -0.0189. The molecule has 1 aromatic heterocycles. The fraction of sp³-hybridized carbons (Fsp3) is 0.368. The molecule has 0 atom stereocenters. The third kappa shape index (κ3) is 4.46. The minimum Gasteiger partial charge on any atom is -0.351 e. The first-order chi connectivity index (χ1) is 12.1. The molecule has 3 rings (SSSR count). The van der Waals surface area contributed by atoms with Crippen LogP contribution in [-0.2, 0) is 0 Å². The van der Waals surface area contributed by atoms with Gasteiger partial charge < -0.3 is 10.2 Å². The molecule has 1 fully saturated rings. The number of amides is 2. The lowest BCUT2D eigenvalue weighted by Gasteiger charge is -2.35. The van der Waals surface area contributed by atoms with Gasteiger partial charge in [0.2, 0.25) is 0 Å². The summed E-state index contributed by atoms with van der Waals surface area (Å²) in [5.74, 6) is 0.0955. The average molecular weight is 357 g/mol. The molecule has 0 radical (unpaired) electrons. The lowest BCUT2D eigenvalue weighted by atomic mass is 10.1. The van der Waals surface area contributed by atoms with Crippen LogP contribution in [0.5, 0.6) is 0 Å². The number of carbonyl (C=O) groups excluding carboxylic acids is 2. The predicted molar refractivity (Wildman–Crippen MR) is 100 cm³/mol. The van der Waals surface area contributed by atoms with Crippen LogP contribution in [0.15, 0.2) is 41.1 Å². The second kappa shape index (κ2) is 8.27. The van der Waals surface area contributed by atoms with E-state index in [2.05, 4.69) is 10.2 Å². The molecular formula is C19H23N3O2S. The van der Waals surface area contributed by atoms with Gasteiger partial charge in [0.15, 0.2) is 0 Å². The zero-order valence-electron chi connectivity index (χ0n) is 14.4. The lowest BCUT2D eigenvalue weighted by Crippen LogP contribution is -2.50. The van der Waals surface area contributed by atoms with E-state index < -0.39 is 0 Å². The van der Waals surface area contributed by atoms with Gasteiger partial charge in [-0.15, -0.1) is 0 Å². The standard InChI is InChI=1S/C19H23N3O2S/c1-15-4-2-3-5-17(15)19(24)22-11-9-21(10-12-22)8-7-20-18(23)16-6-13-25-14-16/h2-6,13-14H,7-12H2,1H3,(H,20,23). The molecule has 5 nitrogen and oxygen atoms in total. The van der Waals surface area contributed by atoms with E-state index in [0.29, 0.717) is 6.54 Å². The minimum absolute atomic E-state index is 0.0189. The number of hydrogen-bond acceptors (Lipinski definition) is 4. The van der Waals surface area contributed by atoms with Crippen LogP contribution in [0.25, 0.3) is 0 Å². The van der Waals surface area contributed by atoms with E-state index in [4.69, 9.17) is 0 Å². The number of carbonyl (C=O) groups is 2.